The van der Waals surface area contributed by atoms with Gasteiger partial charge in [0.15, 0.2) is 5.82 Å². The predicted molar refractivity (Wildman–Crippen MR) is 50.4 cm³/mol. The fourth-order valence-electron chi connectivity index (χ4n) is 0.790. The summed E-state index contributed by atoms with van der Waals surface area (Å²) in [6.07, 6.45) is 1.41. The van der Waals surface area contributed by atoms with Crippen LogP contribution in [0.5, 0.6) is 0 Å². The Morgan fingerprint density at radius 3 is 2.83 bits per heavy atom. The van der Waals surface area contributed by atoms with Gasteiger partial charge >= 0.3 is 0 Å². The zero-order valence-electron chi connectivity index (χ0n) is 7.08. The quantitative estimate of drug-likeness (QED) is 0.754. The van der Waals surface area contributed by atoms with Crippen molar-refractivity contribution in [2.45, 2.75) is 6.92 Å². The normalized spacial score (nSPS) is 9.92. The topological polar surface area (TPSA) is 55.0 Å². The average Bonchev–Trinajstić information content (AvgIpc) is 2.08. The number of hydrogen-bond acceptors (Lipinski definition) is 4. The maximum Gasteiger partial charge on any atom is 0.152 e. The molecule has 12 heavy (non-hydrogen) atoms. The molecule has 0 aliphatic heterocycles. The van der Waals surface area contributed by atoms with Crippen molar-refractivity contribution in [2.75, 3.05) is 24.2 Å². The molecule has 0 aromatic carbocycles. The lowest BCUT2D eigenvalue weighted by molar-refractivity contribution is 0.930. The minimum absolute atomic E-state index is 0.321. The van der Waals surface area contributed by atoms with Gasteiger partial charge in [-0.25, -0.2) is 9.97 Å². The van der Waals surface area contributed by atoms with Crippen LogP contribution < -0.4 is 10.6 Å². The van der Waals surface area contributed by atoms with Crippen LogP contribution in [0.4, 0.5) is 11.6 Å². The molecule has 0 aliphatic carbocycles. The fourth-order valence-corrected chi connectivity index (χ4v) is 1.03. The number of anilines is 2. The van der Waals surface area contributed by atoms with Gasteiger partial charge in [-0.1, -0.05) is 11.6 Å². The third-order valence-electron chi connectivity index (χ3n) is 1.63. The summed E-state index contributed by atoms with van der Waals surface area (Å²) >= 11 is 5.88. The highest BCUT2D eigenvalue weighted by molar-refractivity contribution is 6.35. The molecular formula is C7H11ClN4. The van der Waals surface area contributed by atoms with E-state index < -0.39 is 0 Å². The standard InChI is InChI=1S/C7H11ClN4/c1-3-12(2)7-5(8)6(9)10-4-11-7/h4H,3H2,1-2H3,(H2,9,10,11). The molecule has 0 saturated carbocycles. The lowest BCUT2D eigenvalue weighted by Crippen LogP contribution is -2.18. The lowest BCUT2D eigenvalue weighted by atomic mass is 10.5. The van der Waals surface area contributed by atoms with Crippen LogP contribution in [0.1, 0.15) is 6.92 Å². The number of nitrogens with two attached hydrogens (primary N) is 1. The van der Waals surface area contributed by atoms with Gasteiger partial charge in [-0.05, 0) is 6.92 Å². The first-order valence-corrected chi connectivity index (χ1v) is 4.01. The highest BCUT2D eigenvalue weighted by atomic mass is 35.5. The van der Waals surface area contributed by atoms with Crippen molar-refractivity contribution in [3.8, 4) is 0 Å². The van der Waals surface area contributed by atoms with Crippen LogP contribution in [0, 0.1) is 0 Å². The van der Waals surface area contributed by atoms with Crippen molar-refractivity contribution in [1.29, 1.82) is 0 Å². The molecule has 0 atom stereocenters. The van der Waals surface area contributed by atoms with Gasteiger partial charge in [0.2, 0.25) is 0 Å². The largest absolute Gasteiger partial charge is 0.382 e. The summed E-state index contributed by atoms with van der Waals surface area (Å²) in [5, 5.41) is 0.418. The molecule has 0 bridgehead atoms. The number of rotatable bonds is 2. The highest BCUT2D eigenvalue weighted by Crippen LogP contribution is 2.25. The Morgan fingerprint density at radius 1 is 1.58 bits per heavy atom. The van der Waals surface area contributed by atoms with E-state index in [-0.39, 0.29) is 0 Å². The van der Waals surface area contributed by atoms with Crippen molar-refractivity contribution >= 4 is 23.2 Å². The van der Waals surface area contributed by atoms with E-state index in [2.05, 4.69) is 9.97 Å². The Kier molecular flexibility index (Phi) is 2.70. The summed E-state index contributed by atoms with van der Waals surface area (Å²) in [5.74, 6) is 0.994. The molecule has 0 fully saturated rings. The lowest BCUT2D eigenvalue weighted by Gasteiger charge is -2.16. The molecular weight excluding hydrogens is 176 g/mol. The van der Waals surface area contributed by atoms with Crippen LogP contribution in [0.3, 0.4) is 0 Å². The molecule has 2 N–H and O–H groups in total. The maximum atomic E-state index is 5.88. The van der Waals surface area contributed by atoms with Crippen LogP contribution >= 0.6 is 11.6 Å². The Bertz CT molecular complexity index is 276. The molecule has 0 saturated heterocycles. The SMILES string of the molecule is CCN(C)c1ncnc(N)c1Cl. The van der Waals surface area contributed by atoms with Gasteiger partial charge < -0.3 is 10.6 Å². The van der Waals surface area contributed by atoms with E-state index in [0.717, 1.165) is 6.54 Å². The number of nitrogen functional groups attached to an aromatic ring is 1. The summed E-state index contributed by atoms with van der Waals surface area (Å²) in [6.45, 7) is 2.84. The van der Waals surface area contributed by atoms with E-state index in [1.54, 1.807) is 0 Å². The molecule has 0 aliphatic rings. The van der Waals surface area contributed by atoms with Gasteiger partial charge in [0, 0.05) is 13.6 Å². The molecule has 0 radical (unpaired) electrons. The highest BCUT2D eigenvalue weighted by Gasteiger charge is 2.08. The van der Waals surface area contributed by atoms with E-state index in [0.29, 0.717) is 16.7 Å². The smallest absolute Gasteiger partial charge is 0.152 e. The number of hydrogen-bond donors (Lipinski definition) is 1. The van der Waals surface area contributed by atoms with Crippen molar-refractivity contribution in [1.82, 2.24) is 9.97 Å². The molecule has 0 amide bonds. The second kappa shape index (κ2) is 3.58. The predicted octanol–water partition coefficient (Wildman–Crippen LogP) is 1.17. The van der Waals surface area contributed by atoms with Gasteiger partial charge in [0.05, 0.1) is 0 Å². The van der Waals surface area contributed by atoms with Crippen LogP contribution in [0.25, 0.3) is 0 Å². The zero-order valence-corrected chi connectivity index (χ0v) is 7.84. The monoisotopic (exact) mass is 186 g/mol. The number of aromatic nitrogens is 2. The van der Waals surface area contributed by atoms with Crippen molar-refractivity contribution < 1.29 is 0 Å². The van der Waals surface area contributed by atoms with Gasteiger partial charge in [-0.15, -0.1) is 0 Å². The summed E-state index contributed by atoms with van der Waals surface area (Å²) < 4.78 is 0. The fraction of sp³-hybridized carbons (Fsp3) is 0.429. The Morgan fingerprint density at radius 2 is 2.25 bits per heavy atom. The van der Waals surface area contributed by atoms with Crippen molar-refractivity contribution in [3.05, 3.63) is 11.3 Å². The summed E-state index contributed by atoms with van der Waals surface area (Å²) in [4.78, 5) is 9.68. The summed E-state index contributed by atoms with van der Waals surface area (Å²) in [6, 6.07) is 0. The van der Waals surface area contributed by atoms with E-state index in [1.165, 1.54) is 6.33 Å². The Labute approximate surface area is 76.4 Å². The van der Waals surface area contributed by atoms with E-state index in [9.17, 15) is 0 Å². The van der Waals surface area contributed by atoms with Crippen molar-refractivity contribution in [3.63, 3.8) is 0 Å². The second-order valence-corrected chi connectivity index (χ2v) is 2.79. The van der Waals surface area contributed by atoms with Gasteiger partial charge in [0.1, 0.15) is 17.2 Å². The molecule has 0 unspecified atom stereocenters. The number of halogens is 1. The van der Waals surface area contributed by atoms with Crippen LogP contribution in [0.15, 0.2) is 6.33 Å². The first-order chi connectivity index (χ1) is 5.66. The maximum absolute atomic E-state index is 5.88. The van der Waals surface area contributed by atoms with Crippen LogP contribution in [-0.2, 0) is 0 Å². The van der Waals surface area contributed by atoms with Crippen LogP contribution in [0.2, 0.25) is 5.02 Å². The zero-order chi connectivity index (χ0) is 9.14. The number of nitrogens with zero attached hydrogens (tertiary/aromatic N) is 3. The molecule has 1 heterocycles. The van der Waals surface area contributed by atoms with Gasteiger partial charge in [-0.2, -0.15) is 0 Å². The third kappa shape index (κ3) is 1.58. The van der Waals surface area contributed by atoms with Crippen LogP contribution in [-0.4, -0.2) is 23.6 Å². The van der Waals surface area contributed by atoms with E-state index in [4.69, 9.17) is 17.3 Å². The van der Waals surface area contributed by atoms with Gasteiger partial charge in [-0.3, -0.25) is 0 Å². The summed E-state index contributed by atoms with van der Waals surface area (Å²) in [7, 11) is 1.90. The Balaban J connectivity index is 3.07. The summed E-state index contributed by atoms with van der Waals surface area (Å²) in [5.41, 5.74) is 5.50. The van der Waals surface area contributed by atoms with E-state index in [1.807, 2.05) is 18.9 Å². The average molecular weight is 187 g/mol. The Hall–Kier alpha value is -1.03. The molecule has 1 aromatic rings. The first-order valence-electron chi connectivity index (χ1n) is 3.64. The molecule has 1 aromatic heterocycles. The second-order valence-electron chi connectivity index (χ2n) is 2.41. The minimum atomic E-state index is 0.321. The molecule has 66 valence electrons. The first kappa shape index (κ1) is 9.06. The molecule has 5 heteroatoms. The molecule has 4 nitrogen and oxygen atoms in total. The van der Waals surface area contributed by atoms with Gasteiger partial charge in [0.25, 0.3) is 0 Å². The van der Waals surface area contributed by atoms with Crippen molar-refractivity contribution in [2.24, 2.45) is 0 Å². The van der Waals surface area contributed by atoms with E-state index >= 15 is 0 Å². The molecule has 0 spiro atoms. The third-order valence-corrected chi connectivity index (χ3v) is 2.00. The minimum Gasteiger partial charge on any atom is -0.382 e. The molecule has 1 rings (SSSR count).